The second kappa shape index (κ2) is 8.85. The number of furan rings is 1. The third-order valence-corrected chi connectivity index (χ3v) is 4.85. The topological polar surface area (TPSA) is 89.2 Å². The summed E-state index contributed by atoms with van der Waals surface area (Å²) in [7, 11) is 0. The Morgan fingerprint density at radius 2 is 1.71 bits per heavy atom. The minimum absolute atomic E-state index is 0.141. The van der Waals surface area contributed by atoms with E-state index in [-0.39, 0.29) is 22.5 Å². The zero-order chi connectivity index (χ0) is 24.5. The third-order valence-electron chi connectivity index (χ3n) is 4.85. The highest BCUT2D eigenvalue weighted by Gasteiger charge is 2.33. The lowest BCUT2D eigenvalue weighted by Crippen LogP contribution is -2.15. The largest absolute Gasteiger partial charge is 0.469 e. The van der Waals surface area contributed by atoms with Gasteiger partial charge in [-0.3, -0.25) is 9.59 Å². The molecule has 7 nitrogen and oxygen atoms in total. The highest BCUT2D eigenvalue weighted by Crippen LogP contribution is 2.28. The summed E-state index contributed by atoms with van der Waals surface area (Å²) in [6.45, 7) is 1.59. The Bertz CT molecular complexity index is 1360. The number of anilines is 2. The average molecular weight is 472 g/mol. The SMILES string of the molecule is Cc1occc1C(=O)Nc1cc(NC(=O)c2ccc(-n3ccc(C(F)(F)F)n3)cc2)ccc1F. The van der Waals surface area contributed by atoms with Crippen LogP contribution in [0.3, 0.4) is 0 Å². The molecule has 4 rings (SSSR count). The number of alkyl halides is 3. The lowest BCUT2D eigenvalue weighted by Gasteiger charge is -2.10. The molecule has 0 unspecified atom stereocenters. The quantitative estimate of drug-likeness (QED) is 0.379. The second-order valence-electron chi connectivity index (χ2n) is 7.18. The minimum Gasteiger partial charge on any atom is -0.469 e. The summed E-state index contributed by atoms with van der Waals surface area (Å²) >= 11 is 0. The number of amides is 2. The summed E-state index contributed by atoms with van der Waals surface area (Å²) in [6, 6.07) is 11.7. The van der Waals surface area contributed by atoms with E-state index < -0.39 is 29.5 Å². The first-order valence-corrected chi connectivity index (χ1v) is 9.81. The highest BCUT2D eigenvalue weighted by atomic mass is 19.4. The molecule has 0 atom stereocenters. The normalized spacial score (nSPS) is 11.3. The van der Waals surface area contributed by atoms with Crippen LogP contribution in [0.15, 0.2) is 71.5 Å². The van der Waals surface area contributed by atoms with Crippen molar-refractivity contribution >= 4 is 23.2 Å². The van der Waals surface area contributed by atoms with Gasteiger partial charge < -0.3 is 15.1 Å². The summed E-state index contributed by atoms with van der Waals surface area (Å²) in [6.07, 6.45) is -2.06. The van der Waals surface area contributed by atoms with Crippen molar-refractivity contribution in [3.63, 3.8) is 0 Å². The molecule has 0 aliphatic heterocycles. The van der Waals surface area contributed by atoms with Crippen LogP contribution in [0.1, 0.15) is 32.2 Å². The van der Waals surface area contributed by atoms with Crippen LogP contribution in [0, 0.1) is 12.7 Å². The van der Waals surface area contributed by atoms with Gasteiger partial charge in [-0.15, -0.1) is 0 Å². The van der Waals surface area contributed by atoms with Gasteiger partial charge in [-0.05, 0) is 61.5 Å². The van der Waals surface area contributed by atoms with E-state index in [1.807, 2.05) is 0 Å². The van der Waals surface area contributed by atoms with E-state index in [4.69, 9.17) is 4.42 Å². The molecule has 0 aliphatic rings. The number of nitrogens with one attached hydrogen (secondary N) is 2. The molecule has 2 amide bonds. The van der Waals surface area contributed by atoms with Crippen molar-refractivity contribution in [2.45, 2.75) is 13.1 Å². The molecular weight excluding hydrogens is 456 g/mol. The van der Waals surface area contributed by atoms with Crippen LogP contribution in [0.4, 0.5) is 28.9 Å². The summed E-state index contributed by atoms with van der Waals surface area (Å²) < 4.78 is 58.5. The molecule has 0 radical (unpaired) electrons. The van der Waals surface area contributed by atoms with Crippen LogP contribution in [0.2, 0.25) is 0 Å². The maximum atomic E-state index is 14.2. The van der Waals surface area contributed by atoms with E-state index >= 15 is 0 Å². The Hall–Kier alpha value is -4.41. The molecule has 0 aliphatic carbocycles. The Morgan fingerprint density at radius 3 is 2.32 bits per heavy atom. The predicted molar refractivity (Wildman–Crippen MR) is 114 cm³/mol. The number of hydrogen-bond acceptors (Lipinski definition) is 4. The number of hydrogen-bond donors (Lipinski definition) is 2. The van der Waals surface area contributed by atoms with E-state index in [0.717, 1.165) is 23.0 Å². The zero-order valence-corrected chi connectivity index (χ0v) is 17.5. The summed E-state index contributed by atoms with van der Waals surface area (Å²) in [5, 5.41) is 8.49. The molecule has 2 N–H and O–H groups in total. The molecule has 2 aromatic heterocycles. The maximum absolute atomic E-state index is 14.2. The van der Waals surface area contributed by atoms with E-state index in [1.54, 1.807) is 6.92 Å². The average Bonchev–Trinajstić information content (AvgIpc) is 3.45. The Balaban J connectivity index is 1.46. The van der Waals surface area contributed by atoms with Crippen LogP contribution in [0.5, 0.6) is 0 Å². The first-order valence-electron chi connectivity index (χ1n) is 9.81. The van der Waals surface area contributed by atoms with Crippen molar-refractivity contribution in [2.24, 2.45) is 0 Å². The Morgan fingerprint density at radius 1 is 0.971 bits per heavy atom. The van der Waals surface area contributed by atoms with Crippen molar-refractivity contribution in [3.05, 3.63) is 95.5 Å². The highest BCUT2D eigenvalue weighted by molar-refractivity contribution is 6.06. The molecule has 174 valence electrons. The van der Waals surface area contributed by atoms with Gasteiger partial charge in [0.2, 0.25) is 0 Å². The summed E-state index contributed by atoms with van der Waals surface area (Å²) in [5.41, 5.74) is -0.177. The van der Waals surface area contributed by atoms with Gasteiger partial charge in [-0.2, -0.15) is 18.3 Å². The van der Waals surface area contributed by atoms with Crippen molar-refractivity contribution in [3.8, 4) is 5.69 Å². The van der Waals surface area contributed by atoms with Crippen molar-refractivity contribution < 1.29 is 31.6 Å². The van der Waals surface area contributed by atoms with E-state index in [2.05, 4.69) is 15.7 Å². The third kappa shape index (κ3) is 4.82. The number of benzene rings is 2. The van der Waals surface area contributed by atoms with Crippen molar-refractivity contribution in [1.29, 1.82) is 0 Å². The molecule has 4 aromatic rings. The van der Waals surface area contributed by atoms with Crippen LogP contribution in [0.25, 0.3) is 5.69 Å². The smallest absolute Gasteiger partial charge is 0.435 e. The molecule has 2 heterocycles. The maximum Gasteiger partial charge on any atom is 0.435 e. The molecule has 0 saturated heterocycles. The van der Waals surface area contributed by atoms with E-state index in [0.29, 0.717) is 11.4 Å². The number of halogens is 4. The predicted octanol–water partition coefficient (Wildman–Crippen LogP) is 5.44. The number of carbonyl (C=O) groups excluding carboxylic acids is 2. The molecule has 0 saturated carbocycles. The Kier molecular flexibility index (Phi) is 5.93. The van der Waals surface area contributed by atoms with Crippen molar-refractivity contribution in [2.75, 3.05) is 10.6 Å². The lowest BCUT2D eigenvalue weighted by atomic mass is 10.2. The number of nitrogens with zero attached hydrogens (tertiary/aromatic N) is 2. The first kappa shape index (κ1) is 22.8. The molecule has 0 bridgehead atoms. The summed E-state index contributed by atoms with van der Waals surface area (Å²) in [4.78, 5) is 24.9. The molecule has 0 spiro atoms. The Labute approximate surface area is 190 Å². The fraction of sp³-hybridized carbons (Fsp3) is 0.0870. The van der Waals surface area contributed by atoms with E-state index in [1.165, 1.54) is 48.7 Å². The second-order valence-corrected chi connectivity index (χ2v) is 7.18. The molecule has 0 fully saturated rings. The van der Waals surface area contributed by atoms with Gasteiger partial charge in [0.05, 0.1) is 23.2 Å². The number of aryl methyl sites for hydroxylation is 1. The number of rotatable bonds is 5. The summed E-state index contributed by atoms with van der Waals surface area (Å²) in [5.74, 6) is -1.45. The van der Waals surface area contributed by atoms with Crippen LogP contribution in [-0.4, -0.2) is 21.6 Å². The van der Waals surface area contributed by atoms with E-state index in [9.17, 15) is 27.2 Å². The van der Waals surface area contributed by atoms with Crippen LogP contribution in [-0.2, 0) is 6.18 Å². The zero-order valence-electron chi connectivity index (χ0n) is 17.5. The van der Waals surface area contributed by atoms with Crippen molar-refractivity contribution in [1.82, 2.24) is 9.78 Å². The fourth-order valence-corrected chi connectivity index (χ4v) is 3.10. The van der Waals surface area contributed by atoms with Gasteiger partial charge >= 0.3 is 6.18 Å². The molecule has 34 heavy (non-hydrogen) atoms. The van der Waals surface area contributed by atoms with Crippen LogP contribution < -0.4 is 10.6 Å². The van der Waals surface area contributed by atoms with Gasteiger partial charge in [0, 0.05) is 17.4 Å². The standard InChI is InChI=1S/C23H16F4N4O3/c1-13-17(9-11-34-13)22(33)29-19-12-15(4-7-18(19)24)28-21(32)14-2-5-16(6-3-14)31-10-8-20(30-31)23(25,26)27/h2-12H,1H3,(H,28,32)(H,29,33). The fourth-order valence-electron chi connectivity index (χ4n) is 3.10. The first-order chi connectivity index (χ1) is 16.1. The van der Waals surface area contributed by atoms with Gasteiger partial charge in [0.1, 0.15) is 11.6 Å². The molecule has 11 heteroatoms. The molecular formula is C23H16F4N4O3. The number of carbonyl (C=O) groups is 2. The van der Waals surface area contributed by atoms with Gasteiger partial charge in [0.15, 0.2) is 5.69 Å². The van der Waals surface area contributed by atoms with Crippen LogP contribution >= 0.6 is 0 Å². The van der Waals surface area contributed by atoms with Gasteiger partial charge in [0.25, 0.3) is 11.8 Å². The molecule has 2 aromatic carbocycles. The monoisotopic (exact) mass is 472 g/mol. The number of aromatic nitrogens is 2. The van der Waals surface area contributed by atoms with Gasteiger partial charge in [-0.1, -0.05) is 0 Å². The van der Waals surface area contributed by atoms with Gasteiger partial charge in [-0.25, -0.2) is 9.07 Å². The minimum atomic E-state index is -4.56. The lowest BCUT2D eigenvalue weighted by molar-refractivity contribution is -0.141.